The molecule has 0 radical (unpaired) electrons. The van der Waals surface area contributed by atoms with E-state index in [1.165, 1.54) is 51.4 Å². The normalized spacial score (nSPS) is 48.5. The molecule has 0 heterocycles. The van der Waals surface area contributed by atoms with E-state index in [1.807, 2.05) is 0 Å². The molecule has 2 heteroatoms. The van der Waals surface area contributed by atoms with Crippen molar-refractivity contribution in [2.24, 2.45) is 51.8 Å². The molecular weight excluding hydrogens is 392 g/mol. The average molecular weight is 447 g/mol. The second kappa shape index (κ2) is 8.54. The van der Waals surface area contributed by atoms with Crippen molar-refractivity contribution in [2.45, 2.75) is 137 Å². The first kappa shape index (κ1) is 25.0. The van der Waals surface area contributed by atoms with Crippen LogP contribution in [0.1, 0.15) is 126 Å². The smallest absolute Gasteiger partial charge is 0.0648 e. The molecule has 4 rings (SSSR count). The molecule has 2 nitrogen and oxygen atoms in total. The monoisotopic (exact) mass is 446 g/mol. The van der Waals surface area contributed by atoms with Crippen LogP contribution in [-0.4, -0.2) is 21.9 Å². The Morgan fingerprint density at radius 3 is 2.22 bits per heavy atom. The molecule has 4 aliphatic rings. The summed E-state index contributed by atoms with van der Waals surface area (Å²) in [6.45, 7) is 16.5. The molecule has 0 amide bonds. The van der Waals surface area contributed by atoms with E-state index < -0.39 is 0 Å². The van der Waals surface area contributed by atoms with Gasteiger partial charge in [0, 0.05) is 0 Å². The van der Waals surface area contributed by atoms with Gasteiger partial charge in [-0.1, -0.05) is 48.5 Å². The molecule has 0 aromatic heterocycles. The van der Waals surface area contributed by atoms with E-state index in [2.05, 4.69) is 48.5 Å². The van der Waals surface area contributed by atoms with Gasteiger partial charge in [0.05, 0.1) is 11.7 Å². The van der Waals surface area contributed by atoms with E-state index in [0.717, 1.165) is 61.2 Å². The van der Waals surface area contributed by atoms with Gasteiger partial charge in [0.2, 0.25) is 0 Å². The lowest BCUT2D eigenvalue weighted by molar-refractivity contribution is -0.152. The molecule has 0 unspecified atom stereocenters. The zero-order valence-corrected chi connectivity index (χ0v) is 22.4. The Labute approximate surface area is 199 Å². The average Bonchev–Trinajstić information content (AvgIpc) is 3.09. The molecule has 10 atom stereocenters. The van der Waals surface area contributed by atoms with Crippen molar-refractivity contribution in [3.05, 3.63) is 0 Å². The van der Waals surface area contributed by atoms with Crippen LogP contribution in [0.25, 0.3) is 0 Å². The summed E-state index contributed by atoms with van der Waals surface area (Å²) in [5.41, 5.74) is 0.588. The molecule has 4 aliphatic carbocycles. The van der Waals surface area contributed by atoms with Gasteiger partial charge in [0.1, 0.15) is 0 Å². The number of aliphatic hydroxyl groups excluding tert-OH is 1. The highest BCUT2D eigenvalue weighted by Crippen LogP contribution is 2.69. The quantitative estimate of drug-likeness (QED) is 0.456. The lowest BCUT2D eigenvalue weighted by atomic mass is 9.43. The van der Waals surface area contributed by atoms with Crippen LogP contribution in [0.4, 0.5) is 0 Å². The lowest BCUT2D eigenvalue weighted by Crippen LogP contribution is -2.56. The van der Waals surface area contributed by atoms with Crippen LogP contribution in [0.5, 0.6) is 0 Å². The Morgan fingerprint density at radius 1 is 0.875 bits per heavy atom. The van der Waals surface area contributed by atoms with Gasteiger partial charge in [-0.05, 0) is 129 Å². The summed E-state index contributed by atoms with van der Waals surface area (Å²) in [6.07, 6.45) is 14.6. The van der Waals surface area contributed by atoms with Crippen molar-refractivity contribution in [1.82, 2.24) is 0 Å². The van der Waals surface area contributed by atoms with Crippen LogP contribution in [0.15, 0.2) is 0 Å². The third kappa shape index (κ3) is 4.12. The highest BCUT2D eigenvalue weighted by atomic mass is 16.3. The lowest BCUT2D eigenvalue weighted by Gasteiger charge is -2.62. The molecule has 32 heavy (non-hydrogen) atoms. The highest BCUT2D eigenvalue weighted by molar-refractivity contribution is 5.10. The number of fused-ring (bicyclic) bond motifs is 5. The zero-order valence-electron chi connectivity index (χ0n) is 22.4. The summed E-state index contributed by atoms with van der Waals surface area (Å²) < 4.78 is 0. The summed E-state index contributed by atoms with van der Waals surface area (Å²) in [7, 11) is 0. The second-order valence-electron chi connectivity index (χ2n) is 14.6. The molecular formula is C30H54O2. The van der Waals surface area contributed by atoms with Crippen molar-refractivity contribution in [3.8, 4) is 0 Å². The Morgan fingerprint density at radius 2 is 1.56 bits per heavy atom. The maximum atomic E-state index is 11.0. The Bertz CT molecular complexity index is 666. The van der Waals surface area contributed by atoms with Gasteiger partial charge in [0.15, 0.2) is 0 Å². The van der Waals surface area contributed by atoms with Crippen molar-refractivity contribution < 1.29 is 10.2 Å². The van der Waals surface area contributed by atoms with Gasteiger partial charge >= 0.3 is 0 Å². The van der Waals surface area contributed by atoms with Crippen molar-refractivity contribution in [1.29, 1.82) is 0 Å². The van der Waals surface area contributed by atoms with Crippen LogP contribution in [0.3, 0.4) is 0 Å². The Balaban J connectivity index is 1.45. The van der Waals surface area contributed by atoms with Crippen LogP contribution < -0.4 is 0 Å². The number of aliphatic hydroxyl groups is 2. The zero-order chi connectivity index (χ0) is 23.5. The second-order valence-corrected chi connectivity index (χ2v) is 14.6. The van der Waals surface area contributed by atoms with E-state index in [9.17, 15) is 10.2 Å². The number of hydrogen-bond donors (Lipinski definition) is 2. The fraction of sp³-hybridized carbons (Fsp3) is 1.00. The van der Waals surface area contributed by atoms with Gasteiger partial charge in [-0.25, -0.2) is 0 Å². The van der Waals surface area contributed by atoms with Crippen LogP contribution in [0.2, 0.25) is 0 Å². The number of rotatable bonds is 5. The summed E-state index contributed by atoms with van der Waals surface area (Å²) in [6, 6.07) is 0. The molecule has 0 bridgehead atoms. The van der Waals surface area contributed by atoms with Gasteiger partial charge in [-0.3, -0.25) is 0 Å². The summed E-state index contributed by atoms with van der Waals surface area (Å²) in [4.78, 5) is 0. The molecule has 0 aromatic rings. The van der Waals surface area contributed by atoms with Crippen LogP contribution in [-0.2, 0) is 0 Å². The molecule has 2 N–H and O–H groups in total. The van der Waals surface area contributed by atoms with E-state index in [-0.39, 0.29) is 17.1 Å². The molecule has 4 saturated carbocycles. The third-order valence-corrected chi connectivity index (χ3v) is 12.1. The first-order valence-electron chi connectivity index (χ1n) is 14.2. The highest BCUT2D eigenvalue weighted by Gasteiger charge is 2.61. The maximum Gasteiger partial charge on any atom is 0.0648 e. The van der Waals surface area contributed by atoms with Crippen molar-refractivity contribution >= 4 is 0 Å². The van der Waals surface area contributed by atoms with Gasteiger partial charge in [-0.15, -0.1) is 0 Å². The molecule has 186 valence electrons. The minimum Gasteiger partial charge on any atom is -0.393 e. The first-order chi connectivity index (χ1) is 14.8. The van der Waals surface area contributed by atoms with E-state index in [1.54, 1.807) is 0 Å². The largest absolute Gasteiger partial charge is 0.393 e. The minimum atomic E-state index is -0.383. The summed E-state index contributed by atoms with van der Waals surface area (Å²) in [5, 5.41) is 21.6. The Hall–Kier alpha value is -0.0800. The molecule has 4 fully saturated rings. The van der Waals surface area contributed by atoms with Crippen LogP contribution in [0, 0.1) is 51.8 Å². The number of hydrogen-bond acceptors (Lipinski definition) is 2. The molecule has 0 aliphatic heterocycles. The predicted molar refractivity (Wildman–Crippen MR) is 134 cm³/mol. The first-order valence-corrected chi connectivity index (χ1v) is 14.2. The van der Waals surface area contributed by atoms with Crippen molar-refractivity contribution in [2.75, 3.05) is 0 Å². The van der Waals surface area contributed by atoms with Gasteiger partial charge in [-0.2, -0.15) is 0 Å². The third-order valence-electron chi connectivity index (χ3n) is 12.1. The fourth-order valence-electron chi connectivity index (χ4n) is 9.67. The van der Waals surface area contributed by atoms with E-state index in [0.29, 0.717) is 10.8 Å². The van der Waals surface area contributed by atoms with Gasteiger partial charge in [0.25, 0.3) is 0 Å². The van der Waals surface area contributed by atoms with Crippen molar-refractivity contribution in [3.63, 3.8) is 0 Å². The Kier molecular flexibility index (Phi) is 6.68. The SMILES string of the molecule is CC[C@]1(O)CC[C@@]2(C)[C@H](CC[C@@H]3[C@@H]2CC[C@]2(C)[C@@H]([C@H](C)CC[C@@H](O)C(C)(C)C)CC[C@@H]32)C1. The molecule has 0 aromatic carbocycles. The fourth-order valence-corrected chi connectivity index (χ4v) is 9.67. The topological polar surface area (TPSA) is 40.5 Å². The predicted octanol–water partition coefficient (Wildman–Crippen LogP) is 7.61. The minimum absolute atomic E-state index is 0.00208. The summed E-state index contributed by atoms with van der Waals surface area (Å²) >= 11 is 0. The standard InChI is InChI=1S/C30H54O2/c1-8-30(32)18-17-28(6)21(19-30)10-11-22-24-13-12-23(29(24,7)16-15-25(22)28)20(2)9-14-26(31)27(3,4)5/h20-26,31-32H,8-19H2,1-7H3/t20-,21-,22+,23-,24+,25+,26-,28+,29-,30+/m1/s1. The van der Waals surface area contributed by atoms with Gasteiger partial charge < -0.3 is 10.2 Å². The van der Waals surface area contributed by atoms with E-state index >= 15 is 0 Å². The van der Waals surface area contributed by atoms with Crippen LogP contribution >= 0.6 is 0 Å². The summed E-state index contributed by atoms with van der Waals surface area (Å²) in [5.74, 6) is 5.01. The molecule has 0 saturated heterocycles. The molecule has 0 spiro atoms. The maximum absolute atomic E-state index is 11.0. The van der Waals surface area contributed by atoms with E-state index in [4.69, 9.17) is 0 Å².